The number of aliphatic hydroxyl groups is 1. The molecule has 0 aromatic carbocycles. The van der Waals surface area contributed by atoms with Crippen molar-refractivity contribution in [1.82, 2.24) is 0 Å². The number of hydrogen-bond donors (Lipinski definition) is 3. The molecule has 3 N–H and O–H groups in total. The van der Waals surface area contributed by atoms with Crippen LogP contribution in [0.1, 0.15) is 485 Å². The predicted molar refractivity (Wildman–Crippen MR) is 451 cm³/mol. The third-order valence-electron chi connectivity index (χ3n) is 21.6. The first kappa shape index (κ1) is 107. The van der Waals surface area contributed by atoms with Crippen LogP contribution in [-0.2, 0) is 65.4 Å². The van der Waals surface area contributed by atoms with E-state index in [-0.39, 0.29) is 25.7 Å². The number of rotatable bonds is 89. The molecule has 0 aromatic rings. The molecule has 0 aliphatic carbocycles. The standard InChI is InChI=1S/C90H176O17P2/c1-7-10-12-14-16-18-20-22-24-25-26-27-31-34-38-41-48-54-60-66-72-87(92)100-78-85(106-90(95)75-69-63-57-51-43-39-35-32-29-28-30-33-36-40-47-53-59-65-71-83(6)9-3)80-104-108(96,97)102-76-84(91)77-103-109(98,99)105-81-86(79-101-88(93)73-67-61-55-49-45-44-46-52-58-64-70-82(4)5)107-89(94)74-68-62-56-50-42-37-23-21-19-17-15-13-11-8-2/h82-86,91H,7-81H2,1-6H3,(H,96,97)(H,98,99)/t83?,84-,85-,86-/m1/s1. The van der Waals surface area contributed by atoms with E-state index in [0.717, 1.165) is 102 Å². The van der Waals surface area contributed by atoms with Gasteiger partial charge in [-0.15, -0.1) is 0 Å². The monoisotopic (exact) mass is 1590 g/mol. The summed E-state index contributed by atoms with van der Waals surface area (Å²) >= 11 is 0. The van der Waals surface area contributed by atoms with Gasteiger partial charge < -0.3 is 33.8 Å². The average molecular weight is 1590 g/mol. The third-order valence-corrected chi connectivity index (χ3v) is 23.5. The van der Waals surface area contributed by atoms with Gasteiger partial charge in [0, 0.05) is 25.7 Å². The van der Waals surface area contributed by atoms with Gasteiger partial charge in [0.1, 0.15) is 19.3 Å². The highest BCUT2D eigenvalue weighted by atomic mass is 31.2. The SMILES string of the molecule is CCCCCCCCCCCCCCCCCCCCCCC(=O)OC[C@H](COP(=O)(O)OC[C@@H](O)COP(=O)(O)OC[C@@H](COC(=O)CCCCCCCCCCCCC(C)C)OC(=O)CCCCCCCCCCCCCCCC)OC(=O)CCCCCCCCCCCCCCCCCCCCC(C)CC. The molecule has 0 rings (SSSR count). The van der Waals surface area contributed by atoms with Gasteiger partial charge >= 0.3 is 39.5 Å². The molecule has 0 heterocycles. The summed E-state index contributed by atoms with van der Waals surface area (Å²) in [7, 11) is -9.93. The maximum Gasteiger partial charge on any atom is 0.472 e. The molecular weight excluding hydrogens is 1410 g/mol. The van der Waals surface area contributed by atoms with Crippen LogP contribution in [0.25, 0.3) is 0 Å². The molecule has 3 unspecified atom stereocenters. The Hall–Kier alpha value is -1.94. The second kappa shape index (κ2) is 81.2. The fourth-order valence-electron chi connectivity index (χ4n) is 14.1. The Morgan fingerprint density at radius 2 is 0.468 bits per heavy atom. The zero-order valence-electron chi connectivity index (χ0n) is 71.9. The van der Waals surface area contributed by atoms with Crippen LogP contribution in [0.15, 0.2) is 0 Å². The van der Waals surface area contributed by atoms with Gasteiger partial charge in [-0.25, -0.2) is 9.13 Å². The van der Waals surface area contributed by atoms with Gasteiger partial charge in [-0.1, -0.05) is 433 Å². The van der Waals surface area contributed by atoms with Crippen LogP contribution >= 0.6 is 15.6 Å². The van der Waals surface area contributed by atoms with Crippen LogP contribution in [0.3, 0.4) is 0 Å². The van der Waals surface area contributed by atoms with Gasteiger partial charge in [-0.05, 0) is 37.5 Å². The summed E-state index contributed by atoms with van der Waals surface area (Å²) in [5.74, 6) is -0.466. The summed E-state index contributed by atoms with van der Waals surface area (Å²) in [5.41, 5.74) is 0. The number of aliphatic hydroxyl groups excluding tert-OH is 1. The highest BCUT2D eigenvalue weighted by molar-refractivity contribution is 7.47. The van der Waals surface area contributed by atoms with Crippen LogP contribution in [0.2, 0.25) is 0 Å². The van der Waals surface area contributed by atoms with Gasteiger partial charge in [-0.2, -0.15) is 0 Å². The molecule has 19 heteroatoms. The lowest BCUT2D eigenvalue weighted by Gasteiger charge is -2.21. The Bertz CT molecular complexity index is 2080. The third kappa shape index (κ3) is 82.4. The van der Waals surface area contributed by atoms with Gasteiger partial charge in [-0.3, -0.25) is 37.3 Å². The summed E-state index contributed by atoms with van der Waals surface area (Å²) in [5, 5.41) is 10.7. The van der Waals surface area contributed by atoms with E-state index in [1.807, 2.05) is 0 Å². The molecule has 648 valence electrons. The topological polar surface area (TPSA) is 237 Å². The first-order valence-corrected chi connectivity index (χ1v) is 49.5. The number of carbonyl (C=O) groups excluding carboxylic acids is 4. The molecule has 0 radical (unpaired) electrons. The number of unbranched alkanes of at least 4 members (excludes halogenated alkanes) is 58. The summed E-state index contributed by atoms with van der Waals surface area (Å²) in [6.07, 6.45) is 75.0. The molecule has 17 nitrogen and oxygen atoms in total. The van der Waals surface area contributed by atoms with Crippen molar-refractivity contribution >= 4 is 39.5 Å². The highest BCUT2D eigenvalue weighted by Crippen LogP contribution is 2.45. The normalized spacial score (nSPS) is 14.0. The number of phosphoric ester groups is 2. The van der Waals surface area contributed by atoms with Crippen molar-refractivity contribution in [1.29, 1.82) is 0 Å². The first-order valence-electron chi connectivity index (χ1n) is 46.5. The van der Waals surface area contributed by atoms with Crippen molar-refractivity contribution in [2.45, 2.75) is 503 Å². The Balaban J connectivity index is 5.24. The largest absolute Gasteiger partial charge is 0.472 e. The highest BCUT2D eigenvalue weighted by Gasteiger charge is 2.31. The summed E-state index contributed by atoms with van der Waals surface area (Å²) in [6.45, 7) is 9.76. The Labute approximate surface area is 670 Å². The second-order valence-corrected chi connectivity index (χ2v) is 36.0. The number of phosphoric acid groups is 2. The fraction of sp³-hybridized carbons (Fsp3) is 0.956. The fourth-order valence-corrected chi connectivity index (χ4v) is 15.7. The lowest BCUT2D eigenvalue weighted by molar-refractivity contribution is -0.161. The van der Waals surface area contributed by atoms with E-state index in [2.05, 4.69) is 41.5 Å². The molecule has 0 fully saturated rings. The Morgan fingerprint density at radius 3 is 0.697 bits per heavy atom. The number of ether oxygens (including phenoxy) is 4. The molecule has 109 heavy (non-hydrogen) atoms. The van der Waals surface area contributed by atoms with Gasteiger partial charge in [0.15, 0.2) is 12.2 Å². The number of carbonyl (C=O) groups is 4. The maximum absolute atomic E-state index is 13.2. The first-order chi connectivity index (χ1) is 52.9. The smallest absolute Gasteiger partial charge is 0.462 e. The molecule has 0 bridgehead atoms. The van der Waals surface area contributed by atoms with Gasteiger partial charge in [0.05, 0.1) is 26.4 Å². The molecule has 6 atom stereocenters. The molecule has 0 spiro atoms. The van der Waals surface area contributed by atoms with Gasteiger partial charge in [0.2, 0.25) is 0 Å². The van der Waals surface area contributed by atoms with E-state index in [9.17, 15) is 43.2 Å². The quantitative estimate of drug-likeness (QED) is 0.0222. The van der Waals surface area contributed by atoms with E-state index in [4.69, 9.17) is 37.0 Å². The minimum Gasteiger partial charge on any atom is -0.462 e. The van der Waals surface area contributed by atoms with Crippen molar-refractivity contribution in [3.63, 3.8) is 0 Å². The molecule has 0 amide bonds. The van der Waals surface area contributed by atoms with Crippen molar-refractivity contribution in [3.05, 3.63) is 0 Å². The molecule has 0 saturated carbocycles. The van der Waals surface area contributed by atoms with Crippen LogP contribution in [0, 0.1) is 11.8 Å². The van der Waals surface area contributed by atoms with Crippen LogP contribution < -0.4 is 0 Å². The van der Waals surface area contributed by atoms with Crippen molar-refractivity contribution in [2.24, 2.45) is 11.8 Å². The zero-order chi connectivity index (χ0) is 79.9. The Kier molecular flexibility index (Phi) is 79.8. The lowest BCUT2D eigenvalue weighted by atomic mass is 9.99. The molecule has 0 aromatic heterocycles. The van der Waals surface area contributed by atoms with Crippen LogP contribution in [-0.4, -0.2) is 96.7 Å². The summed E-state index contributed by atoms with van der Waals surface area (Å²) in [6, 6.07) is 0. The van der Waals surface area contributed by atoms with Crippen LogP contribution in [0.4, 0.5) is 0 Å². The predicted octanol–water partition coefficient (Wildman–Crippen LogP) is 27.8. The molecule has 0 aliphatic heterocycles. The Morgan fingerprint density at radius 1 is 0.266 bits per heavy atom. The van der Waals surface area contributed by atoms with E-state index in [1.165, 1.54) is 302 Å². The molecule has 0 aliphatic rings. The second-order valence-electron chi connectivity index (χ2n) is 33.1. The van der Waals surface area contributed by atoms with E-state index in [0.29, 0.717) is 25.7 Å². The zero-order valence-corrected chi connectivity index (χ0v) is 73.7. The minimum absolute atomic E-state index is 0.108. The molecular formula is C90H176O17P2. The average Bonchev–Trinajstić information content (AvgIpc) is 0.912. The van der Waals surface area contributed by atoms with Crippen LogP contribution in [0.5, 0.6) is 0 Å². The molecule has 0 saturated heterocycles. The van der Waals surface area contributed by atoms with E-state index >= 15 is 0 Å². The van der Waals surface area contributed by atoms with Crippen molar-refractivity contribution in [2.75, 3.05) is 39.6 Å². The van der Waals surface area contributed by atoms with Crippen molar-refractivity contribution in [3.8, 4) is 0 Å². The number of esters is 4. The summed E-state index contributed by atoms with van der Waals surface area (Å²) < 4.78 is 69.0. The van der Waals surface area contributed by atoms with E-state index in [1.54, 1.807) is 0 Å². The van der Waals surface area contributed by atoms with Crippen molar-refractivity contribution < 1.29 is 80.2 Å². The summed E-state index contributed by atoms with van der Waals surface area (Å²) in [4.78, 5) is 73.4. The lowest BCUT2D eigenvalue weighted by Crippen LogP contribution is -2.30. The maximum atomic E-state index is 13.2. The minimum atomic E-state index is -4.97. The van der Waals surface area contributed by atoms with E-state index < -0.39 is 97.5 Å². The number of hydrogen-bond acceptors (Lipinski definition) is 15. The van der Waals surface area contributed by atoms with Gasteiger partial charge in [0.25, 0.3) is 0 Å².